The van der Waals surface area contributed by atoms with Crippen LogP contribution in [0.25, 0.3) is 0 Å². The van der Waals surface area contributed by atoms with E-state index in [4.69, 9.17) is 0 Å². The summed E-state index contributed by atoms with van der Waals surface area (Å²) in [6, 6.07) is 8.63. The Labute approximate surface area is 116 Å². The van der Waals surface area contributed by atoms with Gasteiger partial charge in [-0.05, 0) is 32.0 Å². The van der Waals surface area contributed by atoms with E-state index in [1.165, 1.54) is 16.8 Å². The van der Waals surface area contributed by atoms with E-state index >= 15 is 0 Å². The van der Waals surface area contributed by atoms with Gasteiger partial charge in [-0.15, -0.1) is 0 Å². The molecule has 0 saturated carbocycles. The molecule has 3 nitrogen and oxygen atoms in total. The molecule has 1 aromatic carbocycles. The Morgan fingerprint density at radius 1 is 1.39 bits per heavy atom. The monoisotopic (exact) mass is 307 g/mol. The fraction of sp³-hybridized carbons (Fsp3) is 0.357. The molecule has 1 unspecified atom stereocenters. The molecular weight excluding hydrogens is 290 g/mol. The molecule has 0 aliphatic carbocycles. The third kappa shape index (κ3) is 2.65. The molecule has 1 atom stereocenters. The van der Waals surface area contributed by atoms with Crippen LogP contribution in [0.2, 0.25) is 0 Å². The van der Waals surface area contributed by atoms with Gasteiger partial charge in [0.2, 0.25) is 0 Å². The Morgan fingerprint density at radius 3 is 2.67 bits per heavy atom. The normalized spacial score (nSPS) is 12.7. The van der Waals surface area contributed by atoms with Gasteiger partial charge in [-0.25, -0.2) is 0 Å². The Kier molecular flexibility index (Phi) is 4.19. The van der Waals surface area contributed by atoms with E-state index in [0.717, 1.165) is 10.9 Å². The first kappa shape index (κ1) is 13.3. The van der Waals surface area contributed by atoms with Crippen LogP contribution in [0.4, 0.5) is 0 Å². The van der Waals surface area contributed by atoms with Crippen LogP contribution in [0.1, 0.15) is 22.9 Å². The first-order chi connectivity index (χ1) is 8.63. The lowest BCUT2D eigenvalue weighted by molar-refractivity contribution is 0.585. The SMILES string of the molecule is CNC(Cc1ccccc1Br)c1cnn(C)c1C. The zero-order valence-electron chi connectivity index (χ0n) is 10.9. The quantitative estimate of drug-likeness (QED) is 0.941. The number of hydrogen-bond donors (Lipinski definition) is 1. The number of rotatable bonds is 4. The van der Waals surface area contributed by atoms with E-state index < -0.39 is 0 Å². The molecule has 1 aromatic heterocycles. The van der Waals surface area contributed by atoms with Gasteiger partial charge in [-0.1, -0.05) is 34.1 Å². The molecule has 18 heavy (non-hydrogen) atoms. The van der Waals surface area contributed by atoms with Gasteiger partial charge in [0.1, 0.15) is 0 Å². The molecule has 0 aliphatic rings. The molecule has 1 N–H and O–H groups in total. The topological polar surface area (TPSA) is 29.9 Å². The Hall–Kier alpha value is -1.13. The van der Waals surface area contributed by atoms with Gasteiger partial charge in [0.05, 0.1) is 6.20 Å². The molecule has 0 aliphatic heterocycles. The van der Waals surface area contributed by atoms with Crippen LogP contribution in [0.3, 0.4) is 0 Å². The second-order valence-electron chi connectivity index (χ2n) is 4.45. The summed E-state index contributed by atoms with van der Waals surface area (Å²) in [6.45, 7) is 2.10. The first-order valence-electron chi connectivity index (χ1n) is 6.02. The second kappa shape index (κ2) is 5.67. The van der Waals surface area contributed by atoms with Crippen LogP contribution < -0.4 is 5.32 Å². The van der Waals surface area contributed by atoms with Crippen molar-refractivity contribution in [1.82, 2.24) is 15.1 Å². The standard InChI is InChI=1S/C14H18BrN3/c1-10-12(9-17-18(10)3)14(16-2)8-11-6-4-5-7-13(11)15/h4-7,9,14,16H,8H2,1-3H3. The minimum absolute atomic E-state index is 0.289. The summed E-state index contributed by atoms with van der Waals surface area (Å²) < 4.78 is 3.08. The van der Waals surface area contributed by atoms with Gasteiger partial charge in [-0.2, -0.15) is 5.10 Å². The molecule has 2 aromatic rings. The number of halogens is 1. The number of aryl methyl sites for hydroxylation is 1. The predicted octanol–water partition coefficient (Wildman–Crippen LogP) is 2.99. The van der Waals surface area contributed by atoms with Crippen molar-refractivity contribution in [3.8, 4) is 0 Å². The van der Waals surface area contributed by atoms with Gasteiger partial charge in [-0.3, -0.25) is 4.68 Å². The van der Waals surface area contributed by atoms with Crippen molar-refractivity contribution >= 4 is 15.9 Å². The van der Waals surface area contributed by atoms with Crippen molar-refractivity contribution in [1.29, 1.82) is 0 Å². The summed E-state index contributed by atoms with van der Waals surface area (Å²) in [6.07, 6.45) is 2.90. The summed E-state index contributed by atoms with van der Waals surface area (Å²) in [5, 5.41) is 7.69. The second-order valence-corrected chi connectivity index (χ2v) is 5.30. The van der Waals surface area contributed by atoms with Crippen molar-refractivity contribution in [3.63, 3.8) is 0 Å². The van der Waals surface area contributed by atoms with E-state index in [9.17, 15) is 0 Å². The third-order valence-corrected chi connectivity index (χ3v) is 4.15. The summed E-state index contributed by atoms with van der Waals surface area (Å²) in [4.78, 5) is 0. The number of nitrogens with one attached hydrogen (secondary N) is 1. The number of hydrogen-bond acceptors (Lipinski definition) is 2. The average Bonchev–Trinajstić information content (AvgIpc) is 2.70. The smallest absolute Gasteiger partial charge is 0.0540 e. The lowest BCUT2D eigenvalue weighted by Crippen LogP contribution is -2.19. The molecule has 0 radical (unpaired) electrons. The fourth-order valence-electron chi connectivity index (χ4n) is 2.11. The predicted molar refractivity (Wildman–Crippen MR) is 77.6 cm³/mol. The minimum atomic E-state index is 0.289. The van der Waals surface area contributed by atoms with E-state index in [2.05, 4.69) is 51.5 Å². The Morgan fingerprint density at radius 2 is 2.11 bits per heavy atom. The summed E-state index contributed by atoms with van der Waals surface area (Å²) >= 11 is 3.60. The molecule has 0 amide bonds. The Balaban J connectivity index is 2.25. The molecule has 2 rings (SSSR count). The van der Waals surface area contributed by atoms with Crippen LogP contribution in [0.15, 0.2) is 34.9 Å². The van der Waals surface area contributed by atoms with Crippen molar-refractivity contribution < 1.29 is 0 Å². The van der Waals surface area contributed by atoms with Crippen LogP contribution in [-0.4, -0.2) is 16.8 Å². The van der Waals surface area contributed by atoms with E-state index in [1.807, 2.05) is 31.0 Å². The maximum atomic E-state index is 4.31. The van der Waals surface area contributed by atoms with Gasteiger partial charge >= 0.3 is 0 Å². The van der Waals surface area contributed by atoms with Crippen LogP contribution in [0, 0.1) is 6.92 Å². The van der Waals surface area contributed by atoms with E-state index in [1.54, 1.807) is 0 Å². The third-order valence-electron chi connectivity index (χ3n) is 3.38. The maximum Gasteiger partial charge on any atom is 0.0540 e. The molecule has 1 heterocycles. The van der Waals surface area contributed by atoms with Crippen LogP contribution in [-0.2, 0) is 13.5 Å². The number of nitrogens with zero attached hydrogens (tertiary/aromatic N) is 2. The highest BCUT2D eigenvalue weighted by molar-refractivity contribution is 9.10. The highest BCUT2D eigenvalue weighted by Gasteiger charge is 2.16. The highest BCUT2D eigenvalue weighted by atomic mass is 79.9. The molecule has 0 spiro atoms. The molecular formula is C14H18BrN3. The lowest BCUT2D eigenvalue weighted by Gasteiger charge is -2.17. The zero-order valence-corrected chi connectivity index (χ0v) is 12.5. The highest BCUT2D eigenvalue weighted by Crippen LogP contribution is 2.25. The molecule has 0 saturated heterocycles. The zero-order chi connectivity index (χ0) is 13.1. The van der Waals surface area contributed by atoms with Gasteiger partial charge in [0, 0.05) is 28.8 Å². The molecule has 96 valence electrons. The van der Waals surface area contributed by atoms with Gasteiger partial charge in [0.15, 0.2) is 0 Å². The van der Waals surface area contributed by atoms with E-state index in [-0.39, 0.29) is 6.04 Å². The van der Waals surface area contributed by atoms with Gasteiger partial charge < -0.3 is 5.32 Å². The molecule has 0 bridgehead atoms. The van der Waals surface area contributed by atoms with Crippen molar-refractivity contribution in [2.45, 2.75) is 19.4 Å². The first-order valence-corrected chi connectivity index (χ1v) is 6.82. The van der Waals surface area contributed by atoms with Crippen molar-refractivity contribution in [2.24, 2.45) is 7.05 Å². The summed E-state index contributed by atoms with van der Waals surface area (Å²) in [7, 11) is 3.97. The van der Waals surface area contributed by atoms with Gasteiger partial charge in [0.25, 0.3) is 0 Å². The molecule has 0 fully saturated rings. The number of aromatic nitrogens is 2. The average molecular weight is 308 g/mol. The maximum absolute atomic E-state index is 4.31. The summed E-state index contributed by atoms with van der Waals surface area (Å²) in [5.41, 5.74) is 3.78. The van der Waals surface area contributed by atoms with Crippen molar-refractivity contribution in [3.05, 3.63) is 51.8 Å². The molecule has 4 heteroatoms. The lowest BCUT2D eigenvalue weighted by atomic mass is 10.00. The minimum Gasteiger partial charge on any atom is -0.313 e. The number of likely N-dealkylation sites (N-methyl/N-ethyl adjacent to an activating group) is 1. The largest absolute Gasteiger partial charge is 0.313 e. The van der Waals surface area contributed by atoms with Crippen molar-refractivity contribution in [2.75, 3.05) is 7.05 Å². The Bertz CT molecular complexity index is 534. The van der Waals surface area contributed by atoms with Crippen LogP contribution >= 0.6 is 15.9 Å². The number of benzene rings is 1. The van der Waals surface area contributed by atoms with Crippen LogP contribution in [0.5, 0.6) is 0 Å². The fourth-order valence-corrected chi connectivity index (χ4v) is 2.56. The van der Waals surface area contributed by atoms with E-state index in [0.29, 0.717) is 0 Å². The summed E-state index contributed by atoms with van der Waals surface area (Å²) in [5.74, 6) is 0.